The Bertz CT molecular complexity index is 435. The molecule has 0 bridgehead atoms. The van der Waals surface area contributed by atoms with Gasteiger partial charge in [0.15, 0.2) is 5.11 Å². The number of pyridine rings is 1. The topological polar surface area (TPSA) is 40.6 Å². The third-order valence-corrected chi connectivity index (χ3v) is 4.14. The molecule has 122 valence electrons. The maximum Gasteiger partial charge on any atom is 0.169 e. The van der Waals surface area contributed by atoms with Gasteiger partial charge in [-0.25, -0.2) is 0 Å². The Morgan fingerprint density at radius 1 is 1.36 bits per heavy atom. The van der Waals surface area contributed by atoms with Gasteiger partial charge in [0.1, 0.15) is 0 Å². The van der Waals surface area contributed by atoms with Gasteiger partial charge in [0.2, 0.25) is 0 Å². The van der Waals surface area contributed by atoms with Gasteiger partial charge in [-0.3, -0.25) is 9.88 Å². The van der Waals surface area contributed by atoms with Crippen LogP contribution in [-0.4, -0.2) is 65.8 Å². The molecule has 5 nitrogen and oxygen atoms in total. The van der Waals surface area contributed by atoms with Crippen LogP contribution in [0, 0.1) is 0 Å². The summed E-state index contributed by atoms with van der Waals surface area (Å²) < 4.78 is 5.32. The minimum atomic E-state index is 0.781. The van der Waals surface area contributed by atoms with Crippen molar-refractivity contribution in [2.75, 3.05) is 45.9 Å². The molecule has 0 amide bonds. The summed E-state index contributed by atoms with van der Waals surface area (Å²) in [6.45, 7) is 9.49. The highest BCUT2D eigenvalue weighted by Crippen LogP contribution is 2.07. The Kier molecular flexibility index (Phi) is 7.56. The summed E-state index contributed by atoms with van der Waals surface area (Å²) in [6.07, 6.45) is 4.75. The normalized spacial score (nSPS) is 15.8. The number of rotatable bonds is 7. The van der Waals surface area contributed by atoms with Crippen molar-refractivity contribution in [3.63, 3.8) is 0 Å². The first kappa shape index (κ1) is 17.1. The summed E-state index contributed by atoms with van der Waals surface area (Å²) >= 11 is 5.47. The summed E-state index contributed by atoms with van der Waals surface area (Å²) in [7, 11) is 0. The molecule has 1 N–H and O–H groups in total. The molecule has 1 aromatic rings. The molecule has 1 saturated heterocycles. The maximum absolute atomic E-state index is 5.47. The summed E-state index contributed by atoms with van der Waals surface area (Å²) in [5.41, 5.74) is 1.27. The van der Waals surface area contributed by atoms with Gasteiger partial charge in [-0.05, 0) is 37.2 Å². The van der Waals surface area contributed by atoms with Crippen LogP contribution < -0.4 is 5.32 Å². The Labute approximate surface area is 138 Å². The van der Waals surface area contributed by atoms with Crippen LogP contribution in [0.1, 0.15) is 18.9 Å². The van der Waals surface area contributed by atoms with Crippen molar-refractivity contribution >= 4 is 17.3 Å². The Hall–Kier alpha value is -1.24. The first-order chi connectivity index (χ1) is 10.8. The number of aromatic nitrogens is 1. The molecule has 1 aliphatic rings. The van der Waals surface area contributed by atoms with Crippen molar-refractivity contribution in [1.29, 1.82) is 0 Å². The molecule has 0 unspecified atom stereocenters. The minimum Gasteiger partial charge on any atom is -0.382 e. The molecule has 1 fully saturated rings. The van der Waals surface area contributed by atoms with Gasteiger partial charge in [-0.2, -0.15) is 0 Å². The molecule has 2 heterocycles. The van der Waals surface area contributed by atoms with Gasteiger partial charge in [0.25, 0.3) is 0 Å². The van der Waals surface area contributed by atoms with Crippen LogP contribution in [0.5, 0.6) is 0 Å². The van der Waals surface area contributed by atoms with E-state index in [2.05, 4.69) is 26.2 Å². The maximum atomic E-state index is 5.47. The van der Waals surface area contributed by atoms with E-state index in [1.54, 1.807) is 0 Å². The summed E-state index contributed by atoms with van der Waals surface area (Å²) in [6, 6.07) is 4.12. The number of thiocarbonyl (C=S) groups is 1. The van der Waals surface area contributed by atoms with E-state index in [0.717, 1.165) is 64.0 Å². The van der Waals surface area contributed by atoms with Gasteiger partial charge in [0, 0.05) is 64.9 Å². The largest absolute Gasteiger partial charge is 0.382 e. The predicted molar refractivity (Wildman–Crippen MR) is 92.8 cm³/mol. The van der Waals surface area contributed by atoms with Gasteiger partial charge < -0.3 is 15.0 Å². The molecular weight excluding hydrogens is 296 g/mol. The van der Waals surface area contributed by atoms with Crippen LogP contribution in [0.3, 0.4) is 0 Å². The molecular formula is C16H26N4OS. The van der Waals surface area contributed by atoms with E-state index < -0.39 is 0 Å². The average molecular weight is 322 g/mol. The fourth-order valence-corrected chi connectivity index (χ4v) is 2.77. The highest BCUT2D eigenvalue weighted by Gasteiger charge is 2.18. The minimum absolute atomic E-state index is 0.781. The SMILES string of the molecule is CCOCCCNC(=S)N1CCN(Cc2cccnc2)CC1. The first-order valence-electron chi connectivity index (χ1n) is 8.01. The van der Waals surface area contributed by atoms with Gasteiger partial charge in [0.05, 0.1) is 0 Å². The molecule has 0 atom stereocenters. The Morgan fingerprint density at radius 2 is 2.18 bits per heavy atom. The fourth-order valence-electron chi connectivity index (χ4n) is 2.48. The van der Waals surface area contributed by atoms with Gasteiger partial charge in [-0.1, -0.05) is 6.07 Å². The second-order valence-corrected chi connectivity index (χ2v) is 5.79. The lowest BCUT2D eigenvalue weighted by Crippen LogP contribution is -2.51. The number of nitrogens with one attached hydrogen (secondary N) is 1. The molecule has 0 spiro atoms. The summed E-state index contributed by atoms with van der Waals surface area (Å²) in [5, 5.41) is 4.20. The third kappa shape index (κ3) is 5.87. The number of nitrogens with zero attached hydrogens (tertiary/aromatic N) is 3. The number of hydrogen-bond donors (Lipinski definition) is 1. The highest BCUT2D eigenvalue weighted by atomic mass is 32.1. The third-order valence-electron chi connectivity index (χ3n) is 3.73. The molecule has 2 rings (SSSR count). The van der Waals surface area contributed by atoms with E-state index in [9.17, 15) is 0 Å². The fraction of sp³-hybridized carbons (Fsp3) is 0.625. The number of ether oxygens (including phenoxy) is 1. The van der Waals surface area contributed by atoms with Crippen LogP contribution in [0.15, 0.2) is 24.5 Å². The predicted octanol–water partition coefficient (Wildman–Crippen LogP) is 1.50. The standard InChI is InChI=1S/C16H26N4OS/c1-2-21-12-4-7-18-16(22)20-10-8-19(9-11-20)14-15-5-3-6-17-13-15/h3,5-6,13H,2,4,7-12,14H2,1H3,(H,18,22). The molecule has 6 heteroatoms. The molecule has 0 aromatic carbocycles. The van der Waals surface area contributed by atoms with Gasteiger partial charge >= 0.3 is 0 Å². The lowest BCUT2D eigenvalue weighted by atomic mass is 10.2. The molecule has 0 radical (unpaired) electrons. The van der Waals surface area contributed by atoms with Gasteiger partial charge in [-0.15, -0.1) is 0 Å². The van der Waals surface area contributed by atoms with E-state index in [-0.39, 0.29) is 0 Å². The molecule has 22 heavy (non-hydrogen) atoms. The number of hydrogen-bond acceptors (Lipinski definition) is 4. The van der Waals surface area contributed by atoms with Crippen LogP contribution in [0.25, 0.3) is 0 Å². The van der Waals surface area contributed by atoms with Crippen LogP contribution in [-0.2, 0) is 11.3 Å². The summed E-state index contributed by atoms with van der Waals surface area (Å²) in [5.74, 6) is 0. The average Bonchev–Trinajstić information content (AvgIpc) is 2.56. The van der Waals surface area contributed by atoms with Crippen molar-refractivity contribution in [3.8, 4) is 0 Å². The first-order valence-corrected chi connectivity index (χ1v) is 8.42. The van der Waals surface area contributed by atoms with E-state index in [1.807, 2.05) is 25.4 Å². The van der Waals surface area contributed by atoms with Crippen LogP contribution in [0.2, 0.25) is 0 Å². The highest BCUT2D eigenvalue weighted by molar-refractivity contribution is 7.80. The van der Waals surface area contributed by atoms with E-state index in [4.69, 9.17) is 17.0 Å². The zero-order valence-corrected chi connectivity index (χ0v) is 14.1. The zero-order valence-electron chi connectivity index (χ0n) is 13.3. The summed E-state index contributed by atoms with van der Waals surface area (Å²) in [4.78, 5) is 8.88. The molecule has 0 saturated carbocycles. The van der Waals surface area contributed by atoms with Crippen molar-refractivity contribution in [2.24, 2.45) is 0 Å². The Morgan fingerprint density at radius 3 is 2.86 bits per heavy atom. The van der Waals surface area contributed by atoms with E-state index >= 15 is 0 Å². The van der Waals surface area contributed by atoms with E-state index in [1.165, 1.54) is 5.56 Å². The monoisotopic (exact) mass is 322 g/mol. The van der Waals surface area contributed by atoms with Crippen LogP contribution >= 0.6 is 12.2 Å². The van der Waals surface area contributed by atoms with Crippen molar-refractivity contribution < 1.29 is 4.74 Å². The molecule has 1 aliphatic heterocycles. The zero-order chi connectivity index (χ0) is 15.6. The lowest BCUT2D eigenvalue weighted by Gasteiger charge is -2.36. The van der Waals surface area contributed by atoms with Crippen LogP contribution in [0.4, 0.5) is 0 Å². The lowest BCUT2D eigenvalue weighted by molar-refractivity contribution is 0.145. The Balaban J connectivity index is 1.63. The quantitative estimate of drug-likeness (QED) is 0.606. The molecule has 1 aromatic heterocycles. The van der Waals surface area contributed by atoms with Crippen molar-refractivity contribution in [1.82, 2.24) is 20.1 Å². The second-order valence-electron chi connectivity index (χ2n) is 5.41. The smallest absolute Gasteiger partial charge is 0.169 e. The second kappa shape index (κ2) is 9.71. The van der Waals surface area contributed by atoms with E-state index in [0.29, 0.717) is 0 Å². The van der Waals surface area contributed by atoms with Crippen molar-refractivity contribution in [2.45, 2.75) is 19.9 Å². The number of piperazine rings is 1. The van der Waals surface area contributed by atoms with Crippen molar-refractivity contribution in [3.05, 3.63) is 30.1 Å². The molecule has 0 aliphatic carbocycles.